The van der Waals surface area contributed by atoms with Gasteiger partial charge in [0, 0.05) is 6.07 Å². The summed E-state index contributed by atoms with van der Waals surface area (Å²) in [6.07, 6.45) is -2.33. The number of carbonyl (C=O) groups is 1. The number of nitrogens with zero attached hydrogens (tertiary/aromatic N) is 5. The molecule has 0 fully saturated rings. The van der Waals surface area contributed by atoms with Crippen LogP contribution in [0.4, 0.5) is 23.2 Å². The molecule has 0 atom stereocenters. The number of anilines is 1. The van der Waals surface area contributed by atoms with E-state index in [1.54, 1.807) is 0 Å². The summed E-state index contributed by atoms with van der Waals surface area (Å²) in [5, 5.41) is 10.4. The molecule has 4 aromatic rings. The number of benzene rings is 1. The van der Waals surface area contributed by atoms with Crippen LogP contribution < -0.4 is 10.1 Å². The Kier molecular flexibility index (Phi) is 6.24. The molecule has 33 heavy (non-hydrogen) atoms. The highest BCUT2D eigenvalue weighted by molar-refractivity contribution is 6.03. The van der Waals surface area contributed by atoms with Crippen molar-refractivity contribution in [2.45, 2.75) is 32.9 Å². The van der Waals surface area contributed by atoms with Crippen LogP contribution in [-0.2, 0) is 13.2 Å². The van der Waals surface area contributed by atoms with Crippen molar-refractivity contribution in [2.24, 2.45) is 0 Å². The third-order valence-corrected chi connectivity index (χ3v) is 4.74. The van der Waals surface area contributed by atoms with Crippen LogP contribution in [0.1, 0.15) is 47.2 Å². The van der Waals surface area contributed by atoms with Crippen molar-refractivity contribution >= 4 is 17.2 Å². The molecule has 0 saturated heterocycles. The van der Waals surface area contributed by atoms with Gasteiger partial charge in [-0.2, -0.15) is 10.2 Å². The second-order valence-corrected chi connectivity index (χ2v) is 7.00. The van der Waals surface area contributed by atoms with Gasteiger partial charge in [0.25, 0.3) is 18.8 Å². The maximum Gasteiger partial charge on any atom is 0.280 e. The van der Waals surface area contributed by atoms with Gasteiger partial charge in [0.2, 0.25) is 0 Å². The molecule has 0 radical (unpaired) electrons. The summed E-state index contributed by atoms with van der Waals surface area (Å²) in [7, 11) is 0. The van der Waals surface area contributed by atoms with E-state index in [1.165, 1.54) is 22.6 Å². The number of hydrogen-bond acceptors (Lipinski definition) is 5. The zero-order valence-corrected chi connectivity index (χ0v) is 17.3. The first-order valence-corrected chi connectivity index (χ1v) is 9.86. The Morgan fingerprint density at radius 2 is 1.88 bits per heavy atom. The molecule has 1 amide bonds. The van der Waals surface area contributed by atoms with Gasteiger partial charge in [0.15, 0.2) is 18.1 Å². The Hall–Kier alpha value is -3.96. The molecule has 0 aliphatic carbocycles. The van der Waals surface area contributed by atoms with Crippen molar-refractivity contribution in [3.8, 4) is 5.75 Å². The van der Waals surface area contributed by atoms with Crippen LogP contribution in [-0.4, -0.2) is 30.3 Å². The highest BCUT2D eigenvalue weighted by Gasteiger charge is 2.22. The average Bonchev–Trinajstić information content (AvgIpc) is 3.43. The SMILES string of the molecule is CCc1ccc(OCn2cc(NC(=O)c3cc4nc(C(F)F)cc(C(F)F)n4n3)cn2)cc1. The first-order chi connectivity index (χ1) is 15.8. The van der Waals surface area contributed by atoms with Crippen molar-refractivity contribution in [1.82, 2.24) is 24.4 Å². The Balaban J connectivity index is 1.46. The fraction of sp³-hybridized carbons (Fsp3) is 0.238. The number of hydrogen-bond donors (Lipinski definition) is 1. The maximum absolute atomic E-state index is 13.3. The molecule has 4 rings (SSSR count). The summed E-state index contributed by atoms with van der Waals surface area (Å²) in [5.41, 5.74) is -0.680. The number of carbonyl (C=O) groups excluding carboxylic acids is 1. The number of fused-ring (bicyclic) bond motifs is 1. The first-order valence-electron chi connectivity index (χ1n) is 9.86. The Morgan fingerprint density at radius 3 is 2.55 bits per heavy atom. The average molecular weight is 462 g/mol. The largest absolute Gasteiger partial charge is 0.471 e. The van der Waals surface area contributed by atoms with Crippen molar-refractivity contribution < 1.29 is 27.1 Å². The molecule has 1 N–H and O–H groups in total. The zero-order chi connectivity index (χ0) is 23.5. The molecule has 0 saturated carbocycles. The number of halogens is 4. The molecule has 3 aromatic heterocycles. The molecule has 172 valence electrons. The molecule has 0 aliphatic heterocycles. The van der Waals surface area contributed by atoms with E-state index in [9.17, 15) is 22.4 Å². The predicted octanol–water partition coefficient (Wildman–Crippen LogP) is 4.65. The minimum atomic E-state index is -3.08. The maximum atomic E-state index is 13.3. The van der Waals surface area contributed by atoms with Gasteiger partial charge in [-0.1, -0.05) is 19.1 Å². The second kappa shape index (κ2) is 9.27. The lowest BCUT2D eigenvalue weighted by Crippen LogP contribution is -2.13. The third kappa shape index (κ3) is 4.94. The molecular weight excluding hydrogens is 444 g/mol. The van der Waals surface area contributed by atoms with E-state index in [1.807, 2.05) is 24.3 Å². The lowest BCUT2D eigenvalue weighted by atomic mass is 10.2. The van der Waals surface area contributed by atoms with Crippen LogP contribution in [0.3, 0.4) is 0 Å². The van der Waals surface area contributed by atoms with E-state index >= 15 is 0 Å². The molecule has 0 unspecified atom stereocenters. The first kappa shape index (κ1) is 22.2. The van der Waals surface area contributed by atoms with E-state index < -0.39 is 30.1 Å². The van der Waals surface area contributed by atoms with Crippen LogP contribution in [0.25, 0.3) is 5.65 Å². The van der Waals surface area contributed by atoms with Crippen LogP contribution in [0.2, 0.25) is 0 Å². The fourth-order valence-corrected chi connectivity index (χ4v) is 3.05. The van der Waals surface area contributed by atoms with Crippen molar-refractivity contribution in [3.63, 3.8) is 0 Å². The van der Waals surface area contributed by atoms with E-state index in [-0.39, 0.29) is 18.1 Å². The second-order valence-electron chi connectivity index (χ2n) is 7.00. The molecule has 8 nitrogen and oxygen atoms in total. The monoisotopic (exact) mass is 462 g/mol. The summed E-state index contributed by atoms with van der Waals surface area (Å²) < 4.78 is 60.2. The number of ether oxygens (including phenoxy) is 1. The van der Waals surface area contributed by atoms with Gasteiger partial charge >= 0.3 is 0 Å². The fourth-order valence-electron chi connectivity index (χ4n) is 3.05. The molecule has 0 spiro atoms. The van der Waals surface area contributed by atoms with E-state index in [2.05, 4.69) is 27.4 Å². The van der Waals surface area contributed by atoms with Crippen molar-refractivity contribution in [1.29, 1.82) is 0 Å². The lowest BCUT2D eigenvalue weighted by Gasteiger charge is -2.06. The van der Waals surface area contributed by atoms with Crippen LogP contribution in [0.5, 0.6) is 5.75 Å². The minimum absolute atomic E-state index is 0.0911. The summed E-state index contributed by atoms with van der Waals surface area (Å²) in [6, 6.07) is 9.22. The number of rotatable bonds is 8. The van der Waals surface area contributed by atoms with Gasteiger partial charge in [-0.3, -0.25) is 4.79 Å². The highest BCUT2D eigenvalue weighted by atomic mass is 19.3. The number of aryl methyl sites for hydroxylation is 1. The van der Waals surface area contributed by atoms with Gasteiger partial charge in [-0.05, 0) is 30.2 Å². The Bertz CT molecular complexity index is 1270. The summed E-state index contributed by atoms with van der Waals surface area (Å²) >= 11 is 0. The number of amides is 1. The standard InChI is InChI=1S/C21H18F4N6O2/c1-2-12-3-5-14(6-4-12)33-11-30-10-13(9-26-30)27-21(32)16-8-18-28-15(19(22)23)7-17(20(24)25)31(18)29-16/h3-10,19-20H,2,11H2,1H3,(H,27,32). The molecule has 12 heteroatoms. The summed E-state index contributed by atoms with van der Waals surface area (Å²) in [4.78, 5) is 16.1. The number of nitrogens with one attached hydrogen (secondary N) is 1. The zero-order valence-electron chi connectivity index (χ0n) is 17.3. The van der Waals surface area contributed by atoms with E-state index in [0.29, 0.717) is 22.0 Å². The van der Waals surface area contributed by atoms with E-state index in [4.69, 9.17) is 4.74 Å². The summed E-state index contributed by atoms with van der Waals surface area (Å²) in [5.74, 6) is -0.0848. The Labute approximate surface area is 184 Å². The third-order valence-electron chi connectivity index (χ3n) is 4.74. The van der Waals surface area contributed by atoms with E-state index in [0.717, 1.165) is 12.5 Å². The minimum Gasteiger partial charge on any atom is -0.471 e. The van der Waals surface area contributed by atoms with Crippen LogP contribution >= 0.6 is 0 Å². The molecule has 0 aliphatic rings. The molecule has 1 aromatic carbocycles. The topological polar surface area (TPSA) is 86.3 Å². The normalized spacial score (nSPS) is 11.5. The summed E-state index contributed by atoms with van der Waals surface area (Å²) in [6.45, 7) is 2.14. The van der Waals surface area contributed by atoms with Gasteiger partial charge in [0.1, 0.15) is 17.1 Å². The predicted molar refractivity (Wildman–Crippen MR) is 110 cm³/mol. The smallest absolute Gasteiger partial charge is 0.280 e. The quantitative estimate of drug-likeness (QED) is 0.385. The van der Waals surface area contributed by atoms with Gasteiger partial charge in [0.05, 0.1) is 18.1 Å². The highest BCUT2D eigenvalue weighted by Crippen LogP contribution is 2.25. The van der Waals surface area contributed by atoms with Gasteiger partial charge in [-0.25, -0.2) is 31.7 Å². The van der Waals surface area contributed by atoms with Crippen molar-refractivity contribution in [3.05, 3.63) is 71.4 Å². The van der Waals surface area contributed by atoms with Crippen LogP contribution in [0.15, 0.2) is 48.8 Å². The molecule has 3 heterocycles. The lowest BCUT2D eigenvalue weighted by molar-refractivity contribution is 0.102. The number of alkyl halides is 4. The van der Waals surface area contributed by atoms with Crippen LogP contribution in [0, 0.1) is 0 Å². The van der Waals surface area contributed by atoms with Gasteiger partial charge in [-0.15, -0.1) is 0 Å². The molecular formula is C21H18F4N6O2. The molecule has 0 bridgehead atoms. The number of aromatic nitrogens is 5. The van der Waals surface area contributed by atoms with Crippen molar-refractivity contribution in [2.75, 3.05) is 5.32 Å². The van der Waals surface area contributed by atoms with Gasteiger partial charge < -0.3 is 10.1 Å². The Morgan fingerprint density at radius 1 is 1.12 bits per heavy atom.